The SMILES string of the molecule is CC(C(=O)Nc1ccnn1C(C)C)N1CCCc2ccccc21. The third kappa shape index (κ3) is 3.09. The minimum atomic E-state index is -0.216. The monoisotopic (exact) mass is 312 g/mol. The van der Waals surface area contributed by atoms with Gasteiger partial charge in [0.05, 0.1) is 6.20 Å². The molecule has 5 heteroatoms. The quantitative estimate of drug-likeness (QED) is 0.943. The van der Waals surface area contributed by atoms with Gasteiger partial charge < -0.3 is 10.2 Å². The van der Waals surface area contributed by atoms with E-state index in [9.17, 15) is 4.79 Å². The molecule has 0 fully saturated rings. The van der Waals surface area contributed by atoms with Gasteiger partial charge in [-0.1, -0.05) is 18.2 Å². The number of hydrogen-bond donors (Lipinski definition) is 1. The number of nitrogens with one attached hydrogen (secondary N) is 1. The number of amides is 1. The van der Waals surface area contributed by atoms with Crippen LogP contribution in [0.1, 0.15) is 38.8 Å². The van der Waals surface area contributed by atoms with Crippen molar-refractivity contribution in [3.8, 4) is 0 Å². The Morgan fingerprint density at radius 2 is 2.00 bits per heavy atom. The minimum absolute atomic E-state index is 0.00380. The van der Waals surface area contributed by atoms with Gasteiger partial charge >= 0.3 is 0 Å². The highest BCUT2D eigenvalue weighted by Crippen LogP contribution is 2.28. The van der Waals surface area contributed by atoms with Gasteiger partial charge in [-0.3, -0.25) is 4.79 Å². The van der Waals surface area contributed by atoms with Gasteiger partial charge in [-0.15, -0.1) is 0 Å². The van der Waals surface area contributed by atoms with E-state index in [0.717, 1.165) is 25.2 Å². The van der Waals surface area contributed by atoms with Crippen molar-refractivity contribution in [2.24, 2.45) is 0 Å². The van der Waals surface area contributed by atoms with Crippen molar-refractivity contribution in [2.45, 2.75) is 45.7 Å². The Hall–Kier alpha value is -2.30. The standard InChI is InChI=1S/C18H24N4O/c1-13(2)22-17(10-11-19-22)20-18(23)14(3)21-12-6-8-15-7-4-5-9-16(15)21/h4-5,7,9-11,13-14H,6,8,12H2,1-3H3,(H,20,23). The summed E-state index contributed by atoms with van der Waals surface area (Å²) in [5.74, 6) is 0.756. The fraction of sp³-hybridized carbons (Fsp3) is 0.444. The lowest BCUT2D eigenvalue weighted by Gasteiger charge is -2.35. The summed E-state index contributed by atoms with van der Waals surface area (Å²) in [6.07, 6.45) is 3.89. The third-order valence-electron chi connectivity index (χ3n) is 4.40. The predicted octanol–water partition coefficient (Wildman–Crippen LogP) is 3.24. The summed E-state index contributed by atoms with van der Waals surface area (Å²) in [5.41, 5.74) is 2.50. The van der Waals surface area contributed by atoms with Gasteiger partial charge in [-0.05, 0) is 45.2 Å². The van der Waals surface area contributed by atoms with Crippen LogP contribution in [0.5, 0.6) is 0 Å². The van der Waals surface area contributed by atoms with Crippen LogP contribution in [0.4, 0.5) is 11.5 Å². The highest BCUT2D eigenvalue weighted by molar-refractivity contribution is 5.96. The molecule has 1 aromatic carbocycles. The van der Waals surface area contributed by atoms with Crippen molar-refractivity contribution in [1.82, 2.24) is 9.78 Å². The molecule has 0 spiro atoms. The largest absolute Gasteiger partial charge is 0.360 e. The highest BCUT2D eigenvalue weighted by atomic mass is 16.2. The summed E-state index contributed by atoms with van der Waals surface area (Å²) in [6.45, 7) is 6.97. The lowest BCUT2D eigenvalue weighted by Crippen LogP contribution is -2.45. The Labute approximate surface area is 137 Å². The second-order valence-electron chi connectivity index (χ2n) is 6.35. The summed E-state index contributed by atoms with van der Waals surface area (Å²) >= 11 is 0. The maximum atomic E-state index is 12.7. The Balaban J connectivity index is 1.77. The first-order chi connectivity index (χ1) is 11.1. The summed E-state index contributed by atoms with van der Waals surface area (Å²) in [4.78, 5) is 14.9. The molecule has 122 valence electrons. The van der Waals surface area contributed by atoms with Gasteiger partial charge in [-0.2, -0.15) is 5.10 Å². The highest BCUT2D eigenvalue weighted by Gasteiger charge is 2.26. The van der Waals surface area contributed by atoms with E-state index in [1.165, 1.54) is 11.3 Å². The molecule has 1 unspecified atom stereocenters. The number of rotatable bonds is 4. The van der Waals surface area contributed by atoms with Crippen LogP contribution in [0.2, 0.25) is 0 Å². The number of para-hydroxylation sites is 1. The van der Waals surface area contributed by atoms with Crippen molar-refractivity contribution < 1.29 is 4.79 Å². The number of aryl methyl sites for hydroxylation is 1. The molecule has 0 saturated heterocycles. The van der Waals surface area contributed by atoms with Gasteiger partial charge in [0.25, 0.3) is 0 Å². The molecule has 1 aromatic heterocycles. The molecule has 2 heterocycles. The first kappa shape index (κ1) is 15.6. The summed E-state index contributed by atoms with van der Waals surface area (Å²) in [5, 5.41) is 7.28. The van der Waals surface area contributed by atoms with Crippen LogP contribution in [-0.4, -0.2) is 28.3 Å². The molecule has 3 rings (SSSR count). The van der Waals surface area contributed by atoms with E-state index < -0.39 is 0 Å². The first-order valence-electron chi connectivity index (χ1n) is 8.27. The van der Waals surface area contributed by atoms with E-state index in [4.69, 9.17) is 0 Å². The van der Waals surface area contributed by atoms with Crippen LogP contribution < -0.4 is 10.2 Å². The van der Waals surface area contributed by atoms with Gasteiger partial charge in [0.15, 0.2) is 0 Å². The number of fused-ring (bicyclic) bond motifs is 1. The van der Waals surface area contributed by atoms with Crippen LogP contribution >= 0.6 is 0 Å². The predicted molar refractivity (Wildman–Crippen MR) is 92.8 cm³/mol. The fourth-order valence-electron chi connectivity index (χ4n) is 3.16. The molecule has 5 nitrogen and oxygen atoms in total. The van der Waals surface area contributed by atoms with Crippen molar-refractivity contribution >= 4 is 17.4 Å². The molecule has 0 saturated carbocycles. The number of benzene rings is 1. The van der Waals surface area contributed by atoms with E-state index in [0.29, 0.717) is 0 Å². The molecule has 1 N–H and O–H groups in total. The van der Waals surface area contributed by atoms with Crippen LogP contribution in [0.25, 0.3) is 0 Å². The molecule has 0 bridgehead atoms. The number of hydrogen-bond acceptors (Lipinski definition) is 3. The number of carbonyl (C=O) groups excluding carboxylic acids is 1. The van der Waals surface area contributed by atoms with E-state index in [2.05, 4.69) is 33.5 Å². The van der Waals surface area contributed by atoms with E-state index in [1.807, 2.05) is 37.6 Å². The van der Waals surface area contributed by atoms with Crippen LogP contribution in [0.15, 0.2) is 36.5 Å². The molecular formula is C18H24N4O. The van der Waals surface area contributed by atoms with Crippen molar-refractivity contribution in [3.63, 3.8) is 0 Å². The molecule has 1 atom stereocenters. The molecule has 0 aliphatic carbocycles. The molecule has 0 radical (unpaired) electrons. The lowest BCUT2D eigenvalue weighted by molar-refractivity contribution is -0.117. The van der Waals surface area contributed by atoms with Crippen molar-refractivity contribution in [1.29, 1.82) is 0 Å². The molecule has 1 amide bonds. The average Bonchev–Trinajstić information content (AvgIpc) is 3.02. The Bertz CT molecular complexity index is 692. The van der Waals surface area contributed by atoms with Gasteiger partial charge in [-0.25, -0.2) is 4.68 Å². The van der Waals surface area contributed by atoms with Crippen LogP contribution in [0.3, 0.4) is 0 Å². The van der Waals surface area contributed by atoms with E-state index in [1.54, 1.807) is 6.20 Å². The third-order valence-corrected chi connectivity index (χ3v) is 4.40. The molecule has 23 heavy (non-hydrogen) atoms. The Kier molecular flexibility index (Phi) is 4.37. The summed E-state index contributed by atoms with van der Waals surface area (Å²) in [7, 11) is 0. The maximum absolute atomic E-state index is 12.7. The molecule has 1 aliphatic heterocycles. The number of nitrogens with zero attached hydrogens (tertiary/aromatic N) is 3. The van der Waals surface area contributed by atoms with E-state index >= 15 is 0 Å². The average molecular weight is 312 g/mol. The number of anilines is 2. The van der Waals surface area contributed by atoms with Gasteiger partial charge in [0.2, 0.25) is 5.91 Å². The Morgan fingerprint density at radius 3 is 2.78 bits per heavy atom. The molecular weight excluding hydrogens is 288 g/mol. The van der Waals surface area contributed by atoms with Gasteiger partial charge in [0.1, 0.15) is 11.9 Å². The number of carbonyl (C=O) groups is 1. The van der Waals surface area contributed by atoms with Crippen molar-refractivity contribution in [2.75, 3.05) is 16.8 Å². The maximum Gasteiger partial charge on any atom is 0.247 e. The molecule has 1 aliphatic rings. The van der Waals surface area contributed by atoms with Crippen LogP contribution in [0, 0.1) is 0 Å². The normalized spacial score (nSPS) is 15.4. The zero-order valence-electron chi connectivity index (χ0n) is 14.0. The summed E-state index contributed by atoms with van der Waals surface area (Å²) in [6, 6.07) is 10.2. The molecule has 2 aromatic rings. The smallest absolute Gasteiger partial charge is 0.247 e. The first-order valence-corrected chi connectivity index (χ1v) is 8.27. The topological polar surface area (TPSA) is 50.2 Å². The zero-order chi connectivity index (χ0) is 16.4. The van der Waals surface area contributed by atoms with Gasteiger partial charge in [0, 0.05) is 24.3 Å². The summed E-state index contributed by atoms with van der Waals surface area (Å²) < 4.78 is 1.83. The zero-order valence-corrected chi connectivity index (χ0v) is 14.0. The second kappa shape index (κ2) is 6.44. The lowest BCUT2D eigenvalue weighted by atomic mass is 10.00. The van der Waals surface area contributed by atoms with Crippen molar-refractivity contribution in [3.05, 3.63) is 42.1 Å². The minimum Gasteiger partial charge on any atom is -0.360 e. The number of aromatic nitrogens is 2. The van der Waals surface area contributed by atoms with Crippen LogP contribution in [-0.2, 0) is 11.2 Å². The van der Waals surface area contributed by atoms with E-state index in [-0.39, 0.29) is 18.0 Å². The second-order valence-corrected chi connectivity index (χ2v) is 6.35. The fourth-order valence-corrected chi connectivity index (χ4v) is 3.16. The Morgan fingerprint density at radius 1 is 1.22 bits per heavy atom.